The molecule has 0 spiro atoms. The van der Waals surface area contributed by atoms with Crippen molar-refractivity contribution in [3.05, 3.63) is 42.7 Å². The van der Waals surface area contributed by atoms with Crippen molar-refractivity contribution in [3.8, 4) is 28.1 Å². The molecule has 3 N–H and O–H groups in total. The van der Waals surface area contributed by atoms with Crippen LogP contribution in [-0.2, 0) is 0 Å². The molecule has 1 aliphatic carbocycles. The molecule has 28 heavy (non-hydrogen) atoms. The van der Waals surface area contributed by atoms with E-state index in [-0.39, 0.29) is 5.75 Å². The Kier molecular flexibility index (Phi) is 4.44. The van der Waals surface area contributed by atoms with Gasteiger partial charge in [-0.3, -0.25) is 5.10 Å². The maximum Gasteiger partial charge on any atom is 0.151 e. The molecule has 7 nitrogen and oxygen atoms in total. The number of aromatic amines is 1. The molecule has 1 saturated heterocycles. The number of benzene rings is 1. The predicted molar refractivity (Wildman–Crippen MR) is 108 cm³/mol. The van der Waals surface area contributed by atoms with Crippen molar-refractivity contribution in [3.63, 3.8) is 0 Å². The summed E-state index contributed by atoms with van der Waals surface area (Å²) in [5.74, 6) is 1.09. The van der Waals surface area contributed by atoms with Crippen LogP contribution in [0.15, 0.2) is 42.7 Å². The fourth-order valence-corrected chi connectivity index (χ4v) is 3.99. The highest BCUT2D eigenvalue weighted by atomic mass is 16.3. The Morgan fingerprint density at radius 3 is 2.64 bits per heavy atom. The number of phenols is 1. The van der Waals surface area contributed by atoms with Crippen molar-refractivity contribution < 1.29 is 5.11 Å². The van der Waals surface area contributed by atoms with Crippen LogP contribution in [0.1, 0.15) is 25.7 Å². The summed E-state index contributed by atoms with van der Waals surface area (Å²) in [6.07, 6.45) is 8.66. The lowest BCUT2D eigenvalue weighted by atomic mass is 9.92. The molecule has 1 atom stereocenters. The van der Waals surface area contributed by atoms with Crippen molar-refractivity contribution in [1.29, 1.82) is 0 Å². The molecule has 1 aromatic carbocycles. The van der Waals surface area contributed by atoms with Crippen LogP contribution in [0.4, 0.5) is 5.82 Å². The Balaban J connectivity index is 1.29. The highest BCUT2D eigenvalue weighted by molar-refractivity contribution is 5.73. The van der Waals surface area contributed by atoms with Gasteiger partial charge in [-0.15, -0.1) is 10.2 Å². The number of rotatable bonds is 5. The zero-order valence-electron chi connectivity index (χ0n) is 15.7. The summed E-state index contributed by atoms with van der Waals surface area (Å²) in [6.45, 7) is 1.98. The fraction of sp³-hybridized carbons (Fsp3) is 0.381. The third-order valence-electron chi connectivity index (χ3n) is 5.84. The fourth-order valence-electron chi connectivity index (χ4n) is 3.99. The minimum Gasteiger partial charge on any atom is -0.507 e. The minimum atomic E-state index is 0.187. The van der Waals surface area contributed by atoms with Gasteiger partial charge < -0.3 is 15.3 Å². The van der Waals surface area contributed by atoms with Gasteiger partial charge in [0.2, 0.25) is 0 Å². The van der Waals surface area contributed by atoms with Gasteiger partial charge in [-0.2, -0.15) is 5.10 Å². The lowest BCUT2D eigenvalue weighted by molar-refractivity contribution is 0.311. The summed E-state index contributed by atoms with van der Waals surface area (Å²) in [5, 5.41) is 29.7. The van der Waals surface area contributed by atoms with Crippen LogP contribution in [0.25, 0.3) is 22.4 Å². The van der Waals surface area contributed by atoms with Gasteiger partial charge in [-0.1, -0.05) is 12.5 Å². The number of phenolic OH excluding ortho intramolecular Hbond substituents is 1. The van der Waals surface area contributed by atoms with E-state index in [1.807, 2.05) is 24.3 Å². The Labute approximate surface area is 163 Å². The minimum absolute atomic E-state index is 0.187. The SMILES string of the molecule is Oc1cc(-c2cn[nH]c2)ccc1-c1ccc(N2CCC(NC3CCC3)C2)nn1. The van der Waals surface area contributed by atoms with E-state index in [2.05, 4.69) is 30.6 Å². The Morgan fingerprint density at radius 1 is 1.04 bits per heavy atom. The second-order valence-corrected chi connectivity index (χ2v) is 7.72. The number of nitrogens with one attached hydrogen (secondary N) is 2. The van der Waals surface area contributed by atoms with Gasteiger partial charge in [0.05, 0.1) is 11.9 Å². The molecule has 0 bridgehead atoms. The highest BCUT2D eigenvalue weighted by Crippen LogP contribution is 2.32. The van der Waals surface area contributed by atoms with Gasteiger partial charge in [0.1, 0.15) is 5.75 Å². The van der Waals surface area contributed by atoms with Crippen molar-refractivity contribution in [2.45, 2.75) is 37.8 Å². The standard InChI is InChI=1S/C21H24N6O/c28-20-10-14(15-11-22-23-12-15)4-5-18(20)19-6-7-21(26-25-19)27-9-8-17(13-27)24-16-2-1-3-16/h4-7,10-12,16-17,24,28H,1-3,8-9,13H2,(H,22,23). The normalized spacial score (nSPS) is 19.7. The van der Waals surface area contributed by atoms with Crippen LogP contribution in [0.2, 0.25) is 0 Å². The molecular weight excluding hydrogens is 352 g/mol. The number of hydrogen-bond acceptors (Lipinski definition) is 6. The van der Waals surface area contributed by atoms with Crippen LogP contribution in [0.3, 0.4) is 0 Å². The van der Waals surface area contributed by atoms with Crippen LogP contribution < -0.4 is 10.2 Å². The summed E-state index contributed by atoms with van der Waals surface area (Å²) >= 11 is 0. The Hall–Kier alpha value is -2.93. The van der Waals surface area contributed by atoms with E-state index in [1.165, 1.54) is 19.3 Å². The summed E-state index contributed by atoms with van der Waals surface area (Å²) in [6, 6.07) is 10.7. The maximum absolute atomic E-state index is 10.5. The third-order valence-corrected chi connectivity index (χ3v) is 5.84. The second-order valence-electron chi connectivity index (χ2n) is 7.72. The Bertz CT molecular complexity index is 936. The lowest BCUT2D eigenvalue weighted by Crippen LogP contribution is -2.43. The van der Waals surface area contributed by atoms with Gasteiger partial charge in [0.25, 0.3) is 0 Å². The second kappa shape index (κ2) is 7.24. The van der Waals surface area contributed by atoms with Crippen LogP contribution >= 0.6 is 0 Å². The molecule has 0 amide bonds. The Morgan fingerprint density at radius 2 is 1.96 bits per heavy atom. The average Bonchev–Trinajstić information content (AvgIpc) is 3.37. The number of anilines is 1. The first-order valence-corrected chi connectivity index (χ1v) is 9.93. The molecule has 2 aromatic heterocycles. The molecule has 3 heterocycles. The molecule has 1 unspecified atom stereocenters. The molecule has 3 aromatic rings. The van der Waals surface area contributed by atoms with Gasteiger partial charge in [-0.25, -0.2) is 0 Å². The summed E-state index contributed by atoms with van der Waals surface area (Å²) in [4.78, 5) is 2.29. The van der Waals surface area contributed by atoms with E-state index >= 15 is 0 Å². The van der Waals surface area contributed by atoms with E-state index in [4.69, 9.17) is 0 Å². The molecule has 1 saturated carbocycles. The summed E-state index contributed by atoms with van der Waals surface area (Å²) in [5.41, 5.74) is 3.18. The number of aromatic nitrogens is 4. The van der Waals surface area contributed by atoms with Crippen molar-refractivity contribution in [1.82, 2.24) is 25.7 Å². The number of nitrogens with zero attached hydrogens (tertiary/aromatic N) is 4. The molecule has 2 fully saturated rings. The zero-order chi connectivity index (χ0) is 18.9. The van der Waals surface area contributed by atoms with E-state index in [0.717, 1.165) is 36.5 Å². The van der Waals surface area contributed by atoms with Crippen LogP contribution in [0.5, 0.6) is 5.75 Å². The van der Waals surface area contributed by atoms with E-state index in [0.29, 0.717) is 23.3 Å². The van der Waals surface area contributed by atoms with Crippen LogP contribution in [-0.4, -0.2) is 50.7 Å². The van der Waals surface area contributed by atoms with Crippen molar-refractivity contribution >= 4 is 5.82 Å². The first-order valence-electron chi connectivity index (χ1n) is 9.93. The summed E-state index contributed by atoms with van der Waals surface area (Å²) in [7, 11) is 0. The number of hydrogen-bond donors (Lipinski definition) is 3. The molecule has 5 rings (SSSR count). The zero-order valence-corrected chi connectivity index (χ0v) is 15.7. The van der Waals surface area contributed by atoms with Gasteiger partial charge >= 0.3 is 0 Å². The maximum atomic E-state index is 10.5. The van der Waals surface area contributed by atoms with Crippen molar-refractivity contribution in [2.24, 2.45) is 0 Å². The van der Waals surface area contributed by atoms with Gasteiger partial charge in [0, 0.05) is 42.5 Å². The molecule has 7 heteroatoms. The number of H-pyrrole nitrogens is 1. The molecular formula is C21H24N6O. The average molecular weight is 376 g/mol. The predicted octanol–water partition coefficient (Wildman–Crippen LogP) is 2.96. The third kappa shape index (κ3) is 3.33. The monoisotopic (exact) mass is 376 g/mol. The molecule has 0 radical (unpaired) electrons. The molecule has 2 aliphatic rings. The van der Waals surface area contributed by atoms with Crippen LogP contribution in [0, 0.1) is 0 Å². The number of aromatic hydroxyl groups is 1. The lowest BCUT2D eigenvalue weighted by Gasteiger charge is -2.29. The van der Waals surface area contributed by atoms with E-state index in [1.54, 1.807) is 18.5 Å². The molecule has 1 aliphatic heterocycles. The smallest absolute Gasteiger partial charge is 0.151 e. The highest BCUT2D eigenvalue weighted by Gasteiger charge is 2.27. The largest absolute Gasteiger partial charge is 0.507 e. The topological polar surface area (TPSA) is 90.0 Å². The first kappa shape index (κ1) is 17.2. The van der Waals surface area contributed by atoms with E-state index < -0.39 is 0 Å². The van der Waals surface area contributed by atoms with E-state index in [9.17, 15) is 5.11 Å². The summed E-state index contributed by atoms with van der Waals surface area (Å²) < 4.78 is 0. The van der Waals surface area contributed by atoms with Gasteiger partial charge in [0.15, 0.2) is 5.82 Å². The quantitative estimate of drug-likeness (QED) is 0.634. The molecule has 144 valence electrons. The van der Waals surface area contributed by atoms with Crippen molar-refractivity contribution in [2.75, 3.05) is 18.0 Å². The van der Waals surface area contributed by atoms with Gasteiger partial charge in [-0.05, 0) is 49.1 Å². The first-order chi connectivity index (χ1) is 13.8.